The number of unbranched alkanes of at least 4 members (excludes halogenated alkanes) is 1. The van der Waals surface area contributed by atoms with E-state index in [0.29, 0.717) is 19.1 Å². The fourth-order valence-electron chi connectivity index (χ4n) is 2.69. The van der Waals surface area contributed by atoms with Crippen molar-refractivity contribution in [1.82, 2.24) is 4.90 Å². The van der Waals surface area contributed by atoms with Crippen LogP contribution in [0.3, 0.4) is 0 Å². The van der Waals surface area contributed by atoms with Crippen LogP contribution in [-0.2, 0) is 9.53 Å². The second-order valence-corrected chi connectivity index (χ2v) is 5.98. The molecule has 4 heteroatoms. The van der Waals surface area contributed by atoms with E-state index in [1.807, 2.05) is 6.92 Å². The summed E-state index contributed by atoms with van der Waals surface area (Å²) < 4.78 is 5.00. The number of piperidine rings is 1. The van der Waals surface area contributed by atoms with Gasteiger partial charge in [-0.2, -0.15) is 0 Å². The molecule has 1 heterocycles. The highest BCUT2D eigenvalue weighted by Crippen LogP contribution is 2.18. The standard InChI is InChI=1S/C15H30N2O2/c1-4-19-14(18)15(3,16)10-6-8-12-17-11-7-5-9-13(17)2/h13H,4-12,16H2,1-3H3. The van der Waals surface area contributed by atoms with Crippen molar-refractivity contribution in [1.29, 1.82) is 0 Å². The van der Waals surface area contributed by atoms with Gasteiger partial charge < -0.3 is 15.4 Å². The summed E-state index contributed by atoms with van der Waals surface area (Å²) >= 11 is 0. The first-order valence-corrected chi connectivity index (χ1v) is 7.67. The van der Waals surface area contributed by atoms with Gasteiger partial charge in [0.1, 0.15) is 5.54 Å². The van der Waals surface area contributed by atoms with E-state index in [9.17, 15) is 4.79 Å². The van der Waals surface area contributed by atoms with E-state index in [0.717, 1.165) is 19.4 Å². The Morgan fingerprint density at radius 3 is 2.79 bits per heavy atom. The minimum atomic E-state index is -0.830. The summed E-state index contributed by atoms with van der Waals surface area (Å²) in [5, 5.41) is 0. The first-order valence-electron chi connectivity index (χ1n) is 7.67. The molecule has 0 spiro atoms. The Hall–Kier alpha value is -0.610. The topological polar surface area (TPSA) is 55.6 Å². The Morgan fingerprint density at radius 1 is 1.42 bits per heavy atom. The third kappa shape index (κ3) is 5.49. The molecule has 0 bridgehead atoms. The third-order valence-electron chi connectivity index (χ3n) is 4.07. The smallest absolute Gasteiger partial charge is 0.325 e. The van der Waals surface area contributed by atoms with Gasteiger partial charge in [0.2, 0.25) is 0 Å². The molecule has 19 heavy (non-hydrogen) atoms. The molecule has 4 nitrogen and oxygen atoms in total. The fourth-order valence-corrected chi connectivity index (χ4v) is 2.69. The molecule has 0 aromatic rings. The minimum absolute atomic E-state index is 0.277. The summed E-state index contributed by atoms with van der Waals surface area (Å²) in [6, 6.07) is 0.711. The summed E-state index contributed by atoms with van der Waals surface area (Å²) in [5.41, 5.74) is 5.17. The molecule has 1 aliphatic rings. The van der Waals surface area contributed by atoms with Crippen molar-refractivity contribution in [2.45, 2.75) is 70.9 Å². The molecule has 2 N–H and O–H groups in total. The average molecular weight is 270 g/mol. The van der Waals surface area contributed by atoms with Crippen LogP contribution in [0.4, 0.5) is 0 Å². The predicted octanol–water partition coefficient (Wildman–Crippen LogP) is 2.31. The SMILES string of the molecule is CCOC(=O)C(C)(N)CCCCN1CCCCC1C. The van der Waals surface area contributed by atoms with Crippen molar-refractivity contribution in [3.8, 4) is 0 Å². The minimum Gasteiger partial charge on any atom is -0.465 e. The van der Waals surface area contributed by atoms with Crippen LogP contribution in [0.25, 0.3) is 0 Å². The quantitative estimate of drug-likeness (QED) is 0.570. The highest BCUT2D eigenvalue weighted by molar-refractivity contribution is 5.79. The molecular weight excluding hydrogens is 240 g/mol. The van der Waals surface area contributed by atoms with Crippen LogP contribution in [0.5, 0.6) is 0 Å². The van der Waals surface area contributed by atoms with Gasteiger partial charge in [0.15, 0.2) is 0 Å². The number of esters is 1. The van der Waals surface area contributed by atoms with Crippen molar-refractivity contribution in [3.63, 3.8) is 0 Å². The number of nitrogens with zero attached hydrogens (tertiary/aromatic N) is 1. The normalized spacial score (nSPS) is 23.9. The van der Waals surface area contributed by atoms with Crippen molar-refractivity contribution in [3.05, 3.63) is 0 Å². The second-order valence-electron chi connectivity index (χ2n) is 5.98. The summed E-state index contributed by atoms with van der Waals surface area (Å²) in [7, 11) is 0. The van der Waals surface area contributed by atoms with E-state index in [1.165, 1.54) is 25.8 Å². The van der Waals surface area contributed by atoms with Crippen LogP contribution in [0.15, 0.2) is 0 Å². The molecule has 0 aromatic heterocycles. The van der Waals surface area contributed by atoms with Gasteiger partial charge >= 0.3 is 5.97 Å². The van der Waals surface area contributed by atoms with Crippen LogP contribution in [0, 0.1) is 0 Å². The molecule has 0 amide bonds. The van der Waals surface area contributed by atoms with E-state index >= 15 is 0 Å². The Kier molecular flexibility index (Phi) is 6.80. The lowest BCUT2D eigenvalue weighted by Crippen LogP contribution is -2.46. The number of ether oxygens (including phenoxy) is 1. The van der Waals surface area contributed by atoms with E-state index in [-0.39, 0.29) is 5.97 Å². The first-order chi connectivity index (χ1) is 8.97. The lowest BCUT2D eigenvalue weighted by Gasteiger charge is -2.33. The summed E-state index contributed by atoms with van der Waals surface area (Å²) in [6.45, 7) is 8.64. The highest BCUT2D eigenvalue weighted by Gasteiger charge is 2.29. The van der Waals surface area contributed by atoms with Gasteiger partial charge in [-0.3, -0.25) is 4.79 Å². The van der Waals surface area contributed by atoms with Crippen LogP contribution < -0.4 is 5.73 Å². The van der Waals surface area contributed by atoms with Gasteiger partial charge in [-0.15, -0.1) is 0 Å². The molecule has 0 aromatic carbocycles. The molecule has 0 aliphatic carbocycles. The zero-order valence-electron chi connectivity index (χ0n) is 12.8. The zero-order chi connectivity index (χ0) is 14.3. The highest BCUT2D eigenvalue weighted by atomic mass is 16.5. The van der Waals surface area contributed by atoms with Crippen molar-refractivity contribution < 1.29 is 9.53 Å². The van der Waals surface area contributed by atoms with Gasteiger partial charge in [-0.25, -0.2) is 0 Å². The van der Waals surface area contributed by atoms with Gasteiger partial charge in [0, 0.05) is 6.04 Å². The maximum absolute atomic E-state index is 11.7. The number of rotatable bonds is 7. The van der Waals surface area contributed by atoms with Crippen molar-refractivity contribution in [2.75, 3.05) is 19.7 Å². The Morgan fingerprint density at radius 2 is 2.16 bits per heavy atom. The van der Waals surface area contributed by atoms with Gasteiger partial charge in [0.05, 0.1) is 6.61 Å². The van der Waals surface area contributed by atoms with Crippen molar-refractivity contribution >= 4 is 5.97 Å². The monoisotopic (exact) mass is 270 g/mol. The van der Waals surface area contributed by atoms with Crippen LogP contribution >= 0.6 is 0 Å². The molecule has 1 fully saturated rings. The number of carbonyl (C=O) groups excluding carboxylic acids is 1. The maximum Gasteiger partial charge on any atom is 0.325 e. The Balaban J connectivity index is 2.20. The third-order valence-corrected chi connectivity index (χ3v) is 4.07. The lowest BCUT2D eigenvalue weighted by atomic mass is 9.95. The summed E-state index contributed by atoms with van der Waals surface area (Å²) in [6.07, 6.45) is 6.79. The summed E-state index contributed by atoms with van der Waals surface area (Å²) in [4.78, 5) is 14.2. The van der Waals surface area contributed by atoms with E-state index in [4.69, 9.17) is 10.5 Å². The van der Waals surface area contributed by atoms with Crippen LogP contribution in [0.2, 0.25) is 0 Å². The average Bonchev–Trinajstić information content (AvgIpc) is 2.37. The molecule has 112 valence electrons. The molecular formula is C15H30N2O2. The fraction of sp³-hybridized carbons (Fsp3) is 0.933. The maximum atomic E-state index is 11.7. The number of hydrogen-bond donors (Lipinski definition) is 1. The van der Waals surface area contributed by atoms with Gasteiger partial charge in [-0.05, 0) is 66.0 Å². The molecule has 2 atom stereocenters. The Bertz CT molecular complexity index is 279. The first kappa shape index (κ1) is 16.4. The van der Waals surface area contributed by atoms with E-state index < -0.39 is 5.54 Å². The molecule has 1 saturated heterocycles. The molecule has 1 aliphatic heterocycles. The number of nitrogens with two attached hydrogens (primary N) is 1. The largest absolute Gasteiger partial charge is 0.465 e. The molecule has 0 saturated carbocycles. The number of hydrogen-bond acceptors (Lipinski definition) is 4. The van der Waals surface area contributed by atoms with Crippen LogP contribution in [-0.4, -0.2) is 42.1 Å². The predicted molar refractivity (Wildman–Crippen MR) is 78.0 cm³/mol. The molecule has 2 unspecified atom stereocenters. The van der Waals surface area contributed by atoms with Crippen molar-refractivity contribution in [2.24, 2.45) is 5.73 Å². The van der Waals surface area contributed by atoms with Crippen LogP contribution in [0.1, 0.15) is 59.3 Å². The van der Waals surface area contributed by atoms with Gasteiger partial charge in [0.25, 0.3) is 0 Å². The van der Waals surface area contributed by atoms with E-state index in [2.05, 4.69) is 11.8 Å². The summed E-state index contributed by atoms with van der Waals surface area (Å²) in [5.74, 6) is -0.277. The second kappa shape index (κ2) is 7.85. The van der Waals surface area contributed by atoms with Gasteiger partial charge in [-0.1, -0.05) is 6.42 Å². The number of carbonyl (C=O) groups is 1. The molecule has 1 rings (SSSR count). The number of likely N-dealkylation sites (tertiary alicyclic amines) is 1. The Labute approximate surface area is 117 Å². The zero-order valence-corrected chi connectivity index (χ0v) is 12.8. The molecule has 0 radical (unpaired) electrons. The van der Waals surface area contributed by atoms with E-state index in [1.54, 1.807) is 6.92 Å². The lowest BCUT2D eigenvalue weighted by molar-refractivity contribution is -0.149.